The molecule has 0 unspecified atom stereocenters. The Morgan fingerprint density at radius 2 is 1.50 bits per heavy atom. The van der Waals surface area contributed by atoms with Crippen LogP contribution in [-0.4, -0.2) is 37.3 Å². The first-order valence-corrected chi connectivity index (χ1v) is 2.96. The summed E-state index contributed by atoms with van der Waals surface area (Å²) in [4.78, 5) is 0. The molecule has 0 N–H and O–H groups in total. The van der Waals surface area contributed by atoms with Gasteiger partial charge in [-0.15, -0.1) is 12.1 Å². The maximum atomic E-state index is 4.95. The van der Waals surface area contributed by atoms with Gasteiger partial charge in [0.25, 0.3) is 0 Å². The van der Waals surface area contributed by atoms with E-state index >= 15 is 0 Å². The summed E-state index contributed by atoms with van der Waals surface area (Å²) >= 11 is 0. The van der Waals surface area contributed by atoms with Gasteiger partial charge >= 0.3 is 23.1 Å². The van der Waals surface area contributed by atoms with Crippen molar-refractivity contribution in [2.75, 3.05) is 14.2 Å². The molecular formula is C8H9IMgO2. The molecule has 0 spiro atoms. The third kappa shape index (κ3) is 4.37. The predicted molar refractivity (Wildman–Crippen MR) is 44.1 cm³/mol. The number of ether oxygens (including phenoxy) is 2. The molecule has 0 saturated carbocycles. The number of hydrogen-bond donors (Lipinski definition) is 0. The van der Waals surface area contributed by atoms with Crippen molar-refractivity contribution in [3.05, 3.63) is 24.3 Å². The van der Waals surface area contributed by atoms with Gasteiger partial charge in [0.15, 0.2) is 0 Å². The van der Waals surface area contributed by atoms with Crippen LogP contribution in [0.3, 0.4) is 0 Å². The molecule has 0 radical (unpaired) electrons. The molecule has 0 aliphatic rings. The number of halogens is 1. The monoisotopic (exact) mass is 288 g/mol. The van der Waals surface area contributed by atoms with Crippen molar-refractivity contribution < 1.29 is 33.5 Å². The fraction of sp³-hybridized carbons (Fsp3) is 0.250. The molecule has 1 rings (SSSR count). The topological polar surface area (TPSA) is 18.5 Å². The van der Waals surface area contributed by atoms with Crippen LogP contribution in [0.4, 0.5) is 0 Å². The second kappa shape index (κ2) is 7.94. The van der Waals surface area contributed by atoms with E-state index in [0.29, 0.717) is 0 Å². The number of benzene rings is 1. The standard InChI is InChI=1S/C8H9O2.HI.Mg/c1-9-7-4-3-5-8(6-7)10-2;;/h4-6H,1-2H3;1H;/q-1;;+2/p-1. The van der Waals surface area contributed by atoms with Gasteiger partial charge in [-0.3, -0.25) is 0 Å². The van der Waals surface area contributed by atoms with Gasteiger partial charge in [0.2, 0.25) is 0 Å². The van der Waals surface area contributed by atoms with E-state index in [1.807, 2.05) is 0 Å². The smallest absolute Gasteiger partial charge is 1.00 e. The molecule has 12 heavy (non-hydrogen) atoms. The van der Waals surface area contributed by atoms with Crippen molar-refractivity contribution >= 4 is 23.1 Å². The van der Waals surface area contributed by atoms with Gasteiger partial charge in [-0.05, 0) is 0 Å². The Hall–Kier alpha value is 0.316. The van der Waals surface area contributed by atoms with E-state index in [2.05, 4.69) is 6.07 Å². The second-order valence-electron chi connectivity index (χ2n) is 1.81. The Morgan fingerprint density at radius 3 is 1.83 bits per heavy atom. The van der Waals surface area contributed by atoms with Gasteiger partial charge in [-0.2, -0.15) is 6.07 Å². The third-order valence-electron chi connectivity index (χ3n) is 1.21. The second-order valence-corrected chi connectivity index (χ2v) is 1.81. The molecule has 62 valence electrons. The SMILES string of the molecule is COc1c[c-]cc(OC)c1.[I-].[Mg+2]. The molecule has 1 aromatic carbocycles. The molecular weight excluding hydrogens is 279 g/mol. The van der Waals surface area contributed by atoms with Crippen LogP contribution in [-0.2, 0) is 0 Å². The van der Waals surface area contributed by atoms with Crippen LogP contribution in [0, 0.1) is 6.07 Å². The van der Waals surface area contributed by atoms with Crippen LogP contribution >= 0.6 is 0 Å². The van der Waals surface area contributed by atoms with Gasteiger partial charge in [-0.1, -0.05) is 6.07 Å². The van der Waals surface area contributed by atoms with Gasteiger partial charge in [0.1, 0.15) is 0 Å². The van der Waals surface area contributed by atoms with Crippen LogP contribution in [0.2, 0.25) is 0 Å². The first-order chi connectivity index (χ1) is 4.86. The zero-order valence-corrected chi connectivity index (χ0v) is 10.7. The zero-order valence-electron chi connectivity index (χ0n) is 7.13. The molecule has 0 aromatic heterocycles. The molecule has 4 heteroatoms. The normalized spacial score (nSPS) is 7.50. The van der Waals surface area contributed by atoms with Crippen LogP contribution in [0.25, 0.3) is 0 Å². The summed E-state index contributed by atoms with van der Waals surface area (Å²) in [5.41, 5.74) is 0. The number of methoxy groups -OCH3 is 2. The van der Waals surface area contributed by atoms with Crippen molar-refractivity contribution in [3.8, 4) is 11.5 Å². The molecule has 0 amide bonds. The molecule has 0 aliphatic carbocycles. The van der Waals surface area contributed by atoms with Gasteiger partial charge < -0.3 is 33.5 Å². The van der Waals surface area contributed by atoms with E-state index in [0.717, 1.165) is 11.5 Å². The van der Waals surface area contributed by atoms with Crippen molar-refractivity contribution in [2.45, 2.75) is 0 Å². The molecule has 0 fully saturated rings. The fourth-order valence-electron chi connectivity index (χ4n) is 0.665. The Bertz CT molecular complexity index is 199. The van der Waals surface area contributed by atoms with E-state index < -0.39 is 0 Å². The summed E-state index contributed by atoms with van der Waals surface area (Å²) < 4.78 is 9.89. The minimum atomic E-state index is 0. The summed E-state index contributed by atoms with van der Waals surface area (Å²) in [6, 6.07) is 8.19. The molecule has 0 heterocycles. The van der Waals surface area contributed by atoms with E-state index in [4.69, 9.17) is 9.47 Å². The molecule has 0 saturated heterocycles. The van der Waals surface area contributed by atoms with E-state index in [1.165, 1.54) is 0 Å². The molecule has 2 nitrogen and oxygen atoms in total. The molecule has 1 aromatic rings. The maximum Gasteiger partial charge on any atom is 2.00 e. The maximum absolute atomic E-state index is 4.95. The minimum Gasteiger partial charge on any atom is -1.00 e. The fourth-order valence-corrected chi connectivity index (χ4v) is 0.665. The summed E-state index contributed by atoms with van der Waals surface area (Å²) in [7, 11) is 3.23. The first-order valence-electron chi connectivity index (χ1n) is 2.96. The molecule has 0 aliphatic heterocycles. The number of hydrogen-bond acceptors (Lipinski definition) is 2. The van der Waals surface area contributed by atoms with Crippen LogP contribution in [0.15, 0.2) is 18.2 Å². The van der Waals surface area contributed by atoms with E-state index in [-0.39, 0.29) is 47.0 Å². The van der Waals surface area contributed by atoms with Crippen molar-refractivity contribution in [1.82, 2.24) is 0 Å². The summed E-state index contributed by atoms with van der Waals surface area (Å²) in [6.07, 6.45) is 0. The first kappa shape index (κ1) is 14.8. The van der Waals surface area contributed by atoms with Crippen LogP contribution in [0.5, 0.6) is 11.5 Å². The van der Waals surface area contributed by atoms with Crippen molar-refractivity contribution in [3.63, 3.8) is 0 Å². The van der Waals surface area contributed by atoms with Crippen molar-refractivity contribution in [2.24, 2.45) is 0 Å². The molecule has 0 atom stereocenters. The summed E-state index contributed by atoms with van der Waals surface area (Å²) in [5.74, 6) is 1.53. The quantitative estimate of drug-likeness (QED) is 0.361. The van der Waals surface area contributed by atoms with Crippen molar-refractivity contribution in [1.29, 1.82) is 0 Å². The zero-order chi connectivity index (χ0) is 7.40. The Labute approximate surface area is 106 Å². The Kier molecular flexibility index (Phi) is 9.80. The summed E-state index contributed by atoms with van der Waals surface area (Å²) in [6.45, 7) is 0. The number of rotatable bonds is 2. The summed E-state index contributed by atoms with van der Waals surface area (Å²) in [5, 5.41) is 0. The van der Waals surface area contributed by atoms with E-state index in [1.54, 1.807) is 32.4 Å². The van der Waals surface area contributed by atoms with Crippen LogP contribution in [0.1, 0.15) is 0 Å². The average Bonchev–Trinajstić information content (AvgIpc) is 2.05. The third-order valence-corrected chi connectivity index (χ3v) is 1.21. The van der Waals surface area contributed by atoms with Crippen LogP contribution < -0.4 is 33.5 Å². The van der Waals surface area contributed by atoms with Gasteiger partial charge in [0, 0.05) is 11.5 Å². The molecule has 0 bridgehead atoms. The Morgan fingerprint density at radius 1 is 1.08 bits per heavy atom. The Balaban J connectivity index is 0. The van der Waals surface area contributed by atoms with E-state index in [9.17, 15) is 0 Å². The van der Waals surface area contributed by atoms with Gasteiger partial charge in [-0.25, -0.2) is 0 Å². The minimum absolute atomic E-state index is 0. The largest absolute Gasteiger partial charge is 2.00 e. The van der Waals surface area contributed by atoms with Gasteiger partial charge in [0.05, 0.1) is 14.2 Å². The predicted octanol–water partition coefficient (Wildman–Crippen LogP) is -1.87. The average molecular weight is 288 g/mol.